The van der Waals surface area contributed by atoms with E-state index >= 15 is 0 Å². The summed E-state index contributed by atoms with van der Waals surface area (Å²) in [5.41, 5.74) is 0.518. The lowest BCUT2D eigenvalue weighted by Crippen LogP contribution is -2.15. The van der Waals surface area contributed by atoms with Gasteiger partial charge in [0.2, 0.25) is 0 Å². The van der Waals surface area contributed by atoms with Crippen molar-refractivity contribution < 1.29 is 0 Å². The van der Waals surface area contributed by atoms with E-state index in [0.29, 0.717) is 5.41 Å². The summed E-state index contributed by atoms with van der Waals surface area (Å²) in [6.07, 6.45) is 10.6. The minimum absolute atomic E-state index is 0.518. The van der Waals surface area contributed by atoms with E-state index in [1.54, 1.807) is 0 Å². The van der Waals surface area contributed by atoms with Gasteiger partial charge in [-0.2, -0.15) is 0 Å². The molecule has 0 fully saturated rings. The summed E-state index contributed by atoms with van der Waals surface area (Å²) in [6.45, 7) is 9.15. The SMILES string of the molecule is C[CH]C(C)(CCC)CCCCC. The monoisotopic (exact) mass is 169 g/mol. The minimum atomic E-state index is 0.518. The molecule has 0 amide bonds. The molecule has 0 saturated heterocycles. The van der Waals surface area contributed by atoms with Gasteiger partial charge in [-0.15, -0.1) is 0 Å². The van der Waals surface area contributed by atoms with Gasteiger partial charge in [0, 0.05) is 0 Å². The molecule has 0 saturated carbocycles. The molecule has 1 atom stereocenters. The first-order valence-corrected chi connectivity index (χ1v) is 5.49. The van der Waals surface area contributed by atoms with Crippen LogP contribution in [0.15, 0.2) is 0 Å². The molecule has 1 unspecified atom stereocenters. The Bertz CT molecular complexity index is 96.2. The quantitative estimate of drug-likeness (QED) is 0.489. The van der Waals surface area contributed by atoms with E-state index in [4.69, 9.17) is 0 Å². The molecule has 12 heavy (non-hydrogen) atoms. The molecular formula is C12H25. The van der Waals surface area contributed by atoms with Gasteiger partial charge in [-0.1, -0.05) is 53.4 Å². The van der Waals surface area contributed by atoms with E-state index < -0.39 is 0 Å². The first kappa shape index (κ1) is 12.0. The molecule has 0 aliphatic carbocycles. The summed E-state index contributed by atoms with van der Waals surface area (Å²) in [7, 11) is 0. The highest BCUT2D eigenvalue weighted by Gasteiger charge is 2.19. The molecular weight excluding hydrogens is 144 g/mol. The highest BCUT2D eigenvalue weighted by Crippen LogP contribution is 2.32. The Morgan fingerprint density at radius 1 is 1.00 bits per heavy atom. The van der Waals surface area contributed by atoms with Crippen molar-refractivity contribution >= 4 is 0 Å². The Kier molecular flexibility index (Phi) is 6.51. The van der Waals surface area contributed by atoms with Crippen molar-refractivity contribution in [2.75, 3.05) is 0 Å². The van der Waals surface area contributed by atoms with Crippen LogP contribution in [-0.2, 0) is 0 Å². The summed E-state index contributed by atoms with van der Waals surface area (Å²) in [5, 5.41) is 0. The van der Waals surface area contributed by atoms with E-state index in [0.717, 1.165) is 0 Å². The minimum Gasteiger partial charge on any atom is -0.0654 e. The third-order valence-electron chi connectivity index (χ3n) is 2.87. The van der Waals surface area contributed by atoms with Crippen LogP contribution in [0.5, 0.6) is 0 Å². The maximum atomic E-state index is 2.40. The van der Waals surface area contributed by atoms with Crippen LogP contribution in [0.2, 0.25) is 0 Å². The second-order valence-corrected chi connectivity index (χ2v) is 4.15. The molecule has 73 valence electrons. The van der Waals surface area contributed by atoms with Gasteiger partial charge in [0.25, 0.3) is 0 Å². The lowest BCUT2D eigenvalue weighted by molar-refractivity contribution is 0.313. The summed E-state index contributed by atoms with van der Waals surface area (Å²) in [5.74, 6) is 0. The maximum absolute atomic E-state index is 2.40. The Hall–Kier alpha value is 0. The zero-order valence-electron chi connectivity index (χ0n) is 9.32. The fourth-order valence-electron chi connectivity index (χ4n) is 1.76. The van der Waals surface area contributed by atoms with E-state index in [9.17, 15) is 0 Å². The number of hydrogen-bond acceptors (Lipinski definition) is 0. The average molecular weight is 169 g/mol. The summed E-state index contributed by atoms with van der Waals surface area (Å²) >= 11 is 0. The van der Waals surface area contributed by atoms with Gasteiger partial charge in [0.05, 0.1) is 0 Å². The van der Waals surface area contributed by atoms with Gasteiger partial charge < -0.3 is 0 Å². The van der Waals surface area contributed by atoms with Crippen molar-refractivity contribution in [1.82, 2.24) is 0 Å². The third-order valence-corrected chi connectivity index (χ3v) is 2.87. The summed E-state index contributed by atoms with van der Waals surface area (Å²) in [6, 6.07) is 0. The van der Waals surface area contributed by atoms with Gasteiger partial charge in [-0.05, 0) is 24.7 Å². The maximum Gasteiger partial charge on any atom is -0.0298 e. The second kappa shape index (κ2) is 6.51. The average Bonchev–Trinajstić information content (AvgIpc) is 2.06. The Balaban J connectivity index is 3.63. The molecule has 0 aromatic rings. The fraction of sp³-hybridized carbons (Fsp3) is 0.917. The van der Waals surface area contributed by atoms with Crippen molar-refractivity contribution in [2.45, 2.75) is 66.2 Å². The molecule has 0 nitrogen and oxygen atoms in total. The Morgan fingerprint density at radius 2 is 1.67 bits per heavy atom. The molecule has 0 aliphatic heterocycles. The lowest BCUT2D eigenvalue weighted by atomic mass is 9.78. The van der Waals surface area contributed by atoms with Crippen molar-refractivity contribution in [3.8, 4) is 0 Å². The van der Waals surface area contributed by atoms with Crippen LogP contribution in [0.4, 0.5) is 0 Å². The van der Waals surface area contributed by atoms with Crippen molar-refractivity contribution in [2.24, 2.45) is 5.41 Å². The smallest absolute Gasteiger partial charge is 0.0298 e. The summed E-state index contributed by atoms with van der Waals surface area (Å²) < 4.78 is 0. The van der Waals surface area contributed by atoms with Gasteiger partial charge >= 0.3 is 0 Å². The topological polar surface area (TPSA) is 0 Å². The highest BCUT2D eigenvalue weighted by molar-refractivity contribution is 4.84. The summed E-state index contributed by atoms with van der Waals surface area (Å²) in [4.78, 5) is 0. The molecule has 0 aromatic heterocycles. The van der Waals surface area contributed by atoms with Crippen LogP contribution < -0.4 is 0 Å². The molecule has 0 aromatic carbocycles. The molecule has 0 heteroatoms. The van der Waals surface area contributed by atoms with Crippen molar-refractivity contribution in [3.63, 3.8) is 0 Å². The van der Waals surface area contributed by atoms with Gasteiger partial charge in [-0.25, -0.2) is 0 Å². The zero-order valence-corrected chi connectivity index (χ0v) is 9.32. The second-order valence-electron chi connectivity index (χ2n) is 4.15. The van der Waals surface area contributed by atoms with Crippen molar-refractivity contribution in [1.29, 1.82) is 0 Å². The van der Waals surface area contributed by atoms with Crippen LogP contribution in [0.25, 0.3) is 0 Å². The van der Waals surface area contributed by atoms with Crippen LogP contribution in [-0.4, -0.2) is 0 Å². The highest BCUT2D eigenvalue weighted by atomic mass is 14.2. The van der Waals surface area contributed by atoms with Crippen LogP contribution in [0, 0.1) is 11.8 Å². The molecule has 0 rings (SSSR count). The molecule has 1 radical (unpaired) electrons. The first-order valence-electron chi connectivity index (χ1n) is 5.49. The first-order chi connectivity index (χ1) is 5.68. The largest absolute Gasteiger partial charge is 0.0654 e. The van der Waals surface area contributed by atoms with E-state index in [1.165, 1.54) is 38.5 Å². The predicted octanol–water partition coefficient (Wildman–Crippen LogP) is 4.60. The standard InChI is InChI=1S/C12H25/c1-5-8-9-11-12(4,7-3)10-6-2/h7H,5-6,8-11H2,1-4H3. The van der Waals surface area contributed by atoms with Gasteiger partial charge in [0.1, 0.15) is 0 Å². The predicted molar refractivity (Wildman–Crippen MR) is 57.1 cm³/mol. The Labute approximate surface area is 78.8 Å². The van der Waals surface area contributed by atoms with Gasteiger partial charge in [-0.3, -0.25) is 0 Å². The van der Waals surface area contributed by atoms with E-state index in [-0.39, 0.29) is 0 Å². The Morgan fingerprint density at radius 3 is 2.08 bits per heavy atom. The fourth-order valence-corrected chi connectivity index (χ4v) is 1.76. The van der Waals surface area contributed by atoms with E-state index in [1.807, 2.05) is 0 Å². The number of hydrogen-bond donors (Lipinski definition) is 0. The molecule has 0 N–H and O–H groups in total. The molecule has 0 spiro atoms. The van der Waals surface area contributed by atoms with Gasteiger partial charge in [0.15, 0.2) is 0 Å². The van der Waals surface area contributed by atoms with E-state index in [2.05, 4.69) is 34.1 Å². The molecule has 0 aliphatic rings. The van der Waals surface area contributed by atoms with Crippen LogP contribution >= 0.6 is 0 Å². The molecule has 0 heterocycles. The number of rotatable bonds is 7. The number of unbranched alkanes of at least 4 members (excludes halogenated alkanes) is 2. The van der Waals surface area contributed by atoms with Crippen LogP contribution in [0.3, 0.4) is 0 Å². The zero-order chi connectivity index (χ0) is 9.45. The normalized spacial score (nSPS) is 16.0. The lowest BCUT2D eigenvalue weighted by Gasteiger charge is -2.27. The van der Waals surface area contributed by atoms with Crippen molar-refractivity contribution in [3.05, 3.63) is 6.42 Å². The third kappa shape index (κ3) is 4.79. The van der Waals surface area contributed by atoms with Crippen LogP contribution in [0.1, 0.15) is 66.2 Å². The molecule has 0 bridgehead atoms.